The van der Waals surface area contributed by atoms with Crippen molar-refractivity contribution < 1.29 is 13.6 Å². The number of nitrogens with one attached hydrogen (secondary N) is 2. The number of aryl methyl sites for hydroxylation is 1. The van der Waals surface area contributed by atoms with Gasteiger partial charge in [-0.1, -0.05) is 30.3 Å². The lowest BCUT2D eigenvalue weighted by Crippen LogP contribution is -2.16. The zero-order chi connectivity index (χ0) is 22.9. The van der Waals surface area contributed by atoms with E-state index in [9.17, 15) is 13.6 Å². The van der Waals surface area contributed by atoms with Crippen LogP contribution < -0.4 is 10.6 Å². The minimum Gasteiger partial charge on any atom is -0.364 e. The molecule has 0 radical (unpaired) electrons. The summed E-state index contributed by atoms with van der Waals surface area (Å²) in [6.07, 6.45) is 1.57. The van der Waals surface area contributed by atoms with Crippen LogP contribution in [0, 0.1) is 6.92 Å². The van der Waals surface area contributed by atoms with Gasteiger partial charge in [-0.2, -0.15) is 8.78 Å². The highest BCUT2D eigenvalue weighted by molar-refractivity contribution is 5.94. The topological polar surface area (TPSA) is 97.6 Å². The monoisotopic (exact) mass is 437 g/mol. The van der Waals surface area contributed by atoms with Crippen molar-refractivity contribution >= 4 is 28.4 Å². The second-order valence-corrected chi connectivity index (χ2v) is 7.45. The molecular formula is C22H21F2N7O. The van der Waals surface area contributed by atoms with Gasteiger partial charge in [0, 0.05) is 44.4 Å². The van der Waals surface area contributed by atoms with Crippen LogP contribution in [-0.2, 0) is 17.3 Å². The summed E-state index contributed by atoms with van der Waals surface area (Å²) in [4.78, 5) is 23.7. The first-order valence-electron chi connectivity index (χ1n) is 9.89. The molecule has 0 aliphatic carbocycles. The Morgan fingerprint density at radius 1 is 1.16 bits per heavy atom. The Hall–Kier alpha value is -3.95. The third-order valence-corrected chi connectivity index (χ3v) is 4.62. The van der Waals surface area contributed by atoms with Crippen LogP contribution in [0.1, 0.15) is 30.9 Å². The molecule has 3 aromatic heterocycles. The van der Waals surface area contributed by atoms with Crippen molar-refractivity contribution in [3.63, 3.8) is 0 Å². The Bertz CT molecular complexity index is 1280. The number of rotatable bonds is 6. The van der Waals surface area contributed by atoms with Gasteiger partial charge in [0.2, 0.25) is 11.7 Å². The zero-order valence-electron chi connectivity index (χ0n) is 17.7. The Labute approximate surface area is 182 Å². The molecule has 4 aromatic rings. The van der Waals surface area contributed by atoms with E-state index in [1.165, 1.54) is 11.6 Å². The number of aromatic nitrogens is 5. The molecule has 8 nitrogen and oxygen atoms in total. The highest BCUT2D eigenvalue weighted by Gasteiger charge is 2.29. The molecule has 0 atom stereocenters. The van der Waals surface area contributed by atoms with Crippen molar-refractivity contribution in [2.45, 2.75) is 33.2 Å². The molecule has 32 heavy (non-hydrogen) atoms. The lowest BCUT2D eigenvalue weighted by molar-refractivity contribution is -0.114. The van der Waals surface area contributed by atoms with Crippen molar-refractivity contribution in [2.24, 2.45) is 0 Å². The second kappa shape index (κ2) is 8.29. The number of anilines is 2. The van der Waals surface area contributed by atoms with Crippen LogP contribution in [0.15, 0.2) is 48.7 Å². The van der Waals surface area contributed by atoms with Crippen molar-refractivity contribution in [1.82, 2.24) is 24.7 Å². The standard InChI is InChI=1S/C22H21F2N7O/c1-13-9-19(29-21(27-13)22(3,23)24)31-17-10-18(28-14(2)32)25-12-16(17)20(30-31)26-11-15-7-5-4-6-8-15/h4-10,12H,11H2,1-3H3,(H,26,30)(H,25,28,32). The first-order valence-corrected chi connectivity index (χ1v) is 9.89. The zero-order valence-corrected chi connectivity index (χ0v) is 17.7. The van der Waals surface area contributed by atoms with Gasteiger partial charge in [0.05, 0.1) is 10.9 Å². The molecule has 0 bridgehead atoms. The fourth-order valence-electron chi connectivity index (χ4n) is 3.20. The quantitative estimate of drug-likeness (QED) is 0.469. The summed E-state index contributed by atoms with van der Waals surface area (Å²) in [5, 5.41) is 11.1. The predicted octanol–water partition coefficient (Wildman–Crippen LogP) is 4.20. The fraction of sp³-hybridized carbons (Fsp3) is 0.227. The third-order valence-electron chi connectivity index (χ3n) is 4.62. The van der Waals surface area contributed by atoms with Crippen LogP contribution in [0.5, 0.6) is 0 Å². The van der Waals surface area contributed by atoms with Gasteiger partial charge in [-0.3, -0.25) is 4.79 Å². The van der Waals surface area contributed by atoms with Crippen LogP contribution in [0.3, 0.4) is 0 Å². The fourth-order valence-corrected chi connectivity index (χ4v) is 3.20. The van der Waals surface area contributed by atoms with Gasteiger partial charge in [-0.05, 0) is 12.5 Å². The van der Waals surface area contributed by atoms with E-state index in [-0.39, 0.29) is 11.7 Å². The van der Waals surface area contributed by atoms with Gasteiger partial charge < -0.3 is 10.6 Å². The Balaban J connectivity index is 1.83. The average Bonchev–Trinajstić information content (AvgIpc) is 3.09. The van der Waals surface area contributed by atoms with Crippen LogP contribution >= 0.6 is 0 Å². The summed E-state index contributed by atoms with van der Waals surface area (Å²) in [7, 11) is 0. The minimum atomic E-state index is -3.21. The average molecular weight is 437 g/mol. The molecule has 0 fully saturated rings. The van der Waals surface area contributed by atoms with Crippen LogP contribution in [0.25, 0.3) is 16.7 Å². The van der Waals surface area contributed by atoms with Crippen LogP contribution in [0.4, 0.5) is 20.4 Å². The Morgan fingerprint density at radius 2 is 1.91 bits per heavy atom. The summed E-state index contributed by atoms with van der Waals surface area (Å²) >= 11 is 0. The maximum atomic E-state index is 13.9. The van der Waals surface area contributed by atoms with Crippen molar-refractivity contribution in [2.75, 3.05) is 10.6 Å². The minimum absolute atomic E-state index is 0.187. The van der Waals surface area contributed by atoms with E-state index in [4.69, 9.17) is 0 Å². The molecule has 0 aliphatic rings. The van der Waals surface area contributed by atoms with Crippen molar-refractivity contribution in [1.29, 1.82) is 0 Å². The molecule has 0 saturated carbocycles. The summed E-state index contributed by atoms with van der Waals surface area (Å²) in [5.41, 5.74) is 1.97. The number of pyridine rings is 1. The number of halogens is 2. The Kier molecular flexibility index (Phi) is 5.52. The molecular weight excluding hydrogens is 416 g/mol. The van der Waals surface area contributed by atoms with Crippen molar-refractivity contribution in [3.05, 3.63) is 65.7 Å². The molecule has 1 aromatic carbocycles. The first kappa shape index (κ1) is 21.3. The number of hydrogen-bond donors (Lipinski definition) is 2. The Morgan fingerprint density at radius 3 is 2.59 bits per heavy atom. The second-order valence-electron chi connectivity index (χ2n) is 7.45. The lowest BCUT2D eigenvalue weighted by atomic mass is 10.2. The maximum absolute atomic E-state index is 13.9. The highest BCUT2D eigenvalue weighted by Crippen LogP contribution is 2.29. The van der Waals surface area contributed by atoms with Gasteiger partial charge >= 0.3 is 5.92 Å². The van der Waals surface area contributed by atoms with E-state index in [1.807, 2.05) is 30.3 Å². The number of hydrogen-bond acceptors (Lipinski definition) is 6. The summed E-state index contributed by atoms with van der Waals surface area (Å²) in [6, 6.07) is 12.9. The largest absolute Gasteiger partial charge is 0.364 e. The molecule has 2 N–H and O–H groups in total. The molecule has 3 heterocycles. The molecule has 0 spiro atoms. The smallest absolute Gasteiger partial charge is 0.303 e. The summed E-state index contributed by atoms with van der Waals surface area (Å²) < 4.78 is 29.3. The van der Waals surface area contributed by atoms with E-state index in [0.717, 1.165) is 12.5 Å². The lowest BCUT2D eigenvalue weighted by Gasteiger charge is -2.11. The van der Waals surface area contributed by atoms with E-state index in [2.05, 4.69) is 30.7 Å². The molecule has 0 saturated heterocycles. The van der Waals surface area contributed by atoms with Crippen LogP contribution in [-0.4, -0.2) is 30.6 Å². The first-order chi connectivity index (χ1) is 15.2. The number of nitrogens with zero attached hydrogens (tertiary/aromatic N) is 5. The molecule has 0 aliphatic heterocycles. The van der Waals surface area contributed by atoms with E-state index >= 15 is 0 Å². The maximum Gasteiger partial charge on any atom is 0.303 e. The van der Waals surface area contributed by atoms with E-state index in [1.54, 1.807) is 25.3 Å². The number of carbonyl (C=O) groups is 1. The molecule has 0 unspecified atom stereocenters. The van der Waals surface area contributed by atoms with E-state index < -0.39 is 11.7 Å². The van der Waals surface area contributed by atoms with E-state index in [0.29, 0.717) is 34.8 Å². The highest BCUT2D eigenvalue weighted by atomic mass is 19.3. The van der Waals surface area contributed by atoms with Gasteiger partial charge in [0.25, 0.3) is 0 Å². The number of fused-ring (bicyclic) bond motifs is 1. The van der Waals surface area contributed by atoms with Crippen LogP contribution in [0.2, 0.25) is 0 Å². The van der Waals surface area contributed by atoms with Gasteiger partial charge in [-0.25, -0.2) is 19.6 Å². The molecule has 4 rings (SSSR count). The summed E-state index contributed by atoms with van der Waals surface area (Å²) in [5.74, 6) is -3.07. The third kappa shape index (κ3) is 4.53. The molecule has 10 heteroatoms. The molecule has 1 amide bonds. The number of amides is 1. The normalized spacial score (nSPS) is 11.5. The van der Waals surface area contributed by atoms with Gasteiger partial charge in [0.15, 0.2) is 11.6 Å². The number of benzene rings is 1. The number of carbonyl (C=O) groups excluding carboxylic acids is 1. The number of alkyl halides is 2. The van der Waals surface area contributed by atoms with Gasteiger partial charge in [0.1, 0.15) is 5.82 Å². The summed E-state index contributed by atoms with van der Waals surface area (Å²) in [6.45, 7) is 4.24. The SMILES string of the molecule is CC(=O)Nc1cc2c(cn1)c(NCc1ccccc1)nn2-c1cc(C)nc(C(C)(F)F)n1. The van der Waals surface area contributed by atoms with Crippen molar-refractivity contribution in [3.8, 4) is 5.82 Å². The predicted molar refractivity (Wildman–Crippen MR) is 117 cm³/mol. The molecule has 164 valence electrons. The van der Waals surface area contributed by atoms with Gasteiger partial charge in [-0.15, -0.1) is 5.10 Å².